The molecule has 0 saturated heterocycles. The lowest BCUT2D eigenvalue weighted by Gasteiger charge is -2.21. The molecule has 0 aromatic rings. The van der Waals surface area contributed by atoms with Crippen LogP contribution in [0.4, 0.5) is 0 Å². The van der Waals surface area contributed by atoms with E-state index in [1.165, 1.54) is 70.6 Å². The monoisotopic (exact) mass is 1580 g/mol. The number of esters is 4. The van der Waals surface area contributed by atoms with Gasteiger partial charge in [0.05, 0.1) is 26.4 Å². The Hall–Kier alpha value is -5.84. The Morgan fingerprint density at radius 1 is 0.264 bits per heavy atom. The Bertz CT molecular complexity index is 2800. The molecule has 0 rings (SSSR count). The van der Waals surface area contributed by atoms with E-state index in [2.05, 4.69) is 192 Å². The van der Waals surface area contributed by atoms with Crippen LogP contribution in [-0.4, -0.2) is 96.7 Å². The minimum atomic E-state index is -5.02. The van der Waals surface area contributed by atoms with Gasteiger partial charge in [-0.1, -0.05) is 313 Å². The van der Waals surface area contributed by atoms with Crippen LogP contribution < -0.4 is 0 Å². The number of carbonyl (C=O) groups excluding carboxylic acids is 4. The van der Waals surface area contributed by atoms with Gasteiger partial charge < -0.3 is 33.8 Å². The first-order chi connectivity index (χ1) is 53.7. The summed E-state index contributed by atoms with van der Waals surface area (Å²) in [7, 11) is -10.0. The average Bonchev–Trinajstić information content (AvgIpc) is 0.942. The molecule has 0 fully saturated rings. The maximum absolute atomic E-state index is 13.1. The SMILES string of the molecule is CC/C=C\C/C=C\C/C=C\C/C=C\C/C=C\CCCCCC(=O)OC[C@H](COP(=O)(O)OC[C@@H](O)COP(=O)(O)OC[C@@H](COC(=O)CC/C=C\C/C=C\C/C=C\C/C=C\C/C=C\CCCCC)OC(=O)CCCCC/C=C\C/C=C\C/C=C\C/C=C\C/C=C\CC)OC(=O)CCCCCCCCCCCCCCC. The smallest absolute Gasteiger partial charge is 0.462 e. The highest BCUT2D eigenvalue weighted by molar-refractivity contribution is 7.47. The fourth-order valence-corrected chi connectivity index (χ4v) is 12.1. The van der Waals surface area contributed by atoms with E-state index in [4.69, 9.17) is 37.0 Å². The summed E-state index contributed by atoms with van der Waals surface area (Å²) in [5.74, 6) is -2.35. The number of rotatable bonds is 77. The Labute approximate surface area is 666 Å². The lowest BCUT2D eigenvalue weighted by molar-refractivity contribution is -0.161. The zero-order valence-corrected chi connectivity index (χ0v) is 70.1. The van der Waals surface area contributed by atoms with Crippen molar-refractivity contribution in [2.45, 2.75) is 329 Å². The summed E-state index contributed by atoms with van der Waals surface area (Å²) in [5, 5.41) is 10.7. The van der Waals surface area contributed by atoms with Gasteiger partial charge in [0.1, 0.15) is 19.3 Å². The van der Waals surface area contributed by atoms with Crippen LogP contribution in [0.1, 0.15) is 310 Å². The summed E-state index contributed by atoms with van der Waals surface area (Å²) in [5.41, 5.74) is 0. The minimum absolute atomic E-state index is 0.0234. The highest BCUT2D eigenvalue weighted by Crippen LogP contribution is 2.45. The van der Waals surface area contributed by atoms with Gasteiger partial charge in [-0.2, -0.15) is 0 Å². The van der Waals surface area contributed by atoms with Crippen molar-refractivity contribution in [2.75, 3.05) is 39.6 Å². The third kappa shape index (κ3) is 80.2. The number of allylic oxidation sites excluding steroid dienone is 30. The summed E-state index contributed by atoms with van der Waals surface area (Å²) in [4.78, 5) is 73.2. The zero-order chi connectivity index (χ0) is 80.3. The van der Waals surface area contributed by atoms with Crippen LogP contribution in [0.25, 0.3) is 0 Å². The summed E-state index contributed by atoms with van der Waals surface area (Å²) in [6, 6.07) is 0. The molecule has 0 amide bonds. The number of phosphoric ester groups is 2. The van der Waals surface area contributed by atoms with E-state index in [0.717, 1.165) is 154 Å². The maximum Gasteiger partial charge on any atom is 0.472 e. The lowest BCUT2D eigenvalue weighted by atomic mass is 10.0. The number of aliphatic hydroxyl groups is 1. The quantitative estimate of drug-likeness (QED) is 0.0169. The van der Waals surface area contributed by atoms with Crippen molar-refractivity contribution in [2.24, 2.45) is 0 Å². The summed E-state index contributed by atoms with van der Waals surface area (Å²) < 4.78 is 68.6. The maximum atomic E-state index is 13.1. The minimum Gasteiger partial charge on any atom is -0.462 e. The molecule has 0 heterocycles. The zero-order valence-electron chi connectivity index (χ0n) is 68.4. The van der Waals surface area contributed by atoms with Crippen molar-refractivity contribution in [1.82, 2.24) is 0 Å². The number of hydrogen-bond acceptors (Lipinski definition) is 15. The van der Waals surface area contributed by atoms with E-state index < -0.39 is 97.5 Å². The van der Waals surface area contributed by atoms with Crippen LogP contribution in [0.3, 0.4) is 0 Å². The van der Waals surface area contributed by atoms with Crippen LogP contribution in [0.2, 0.25) is 0 Å². The number of aliphatic hydroxyl groups excluding tert-OH is 1. The second kappa shape index (κ2) is 81.2. The van der Waals surface area contributed by atoms with Gasteiger partial charge in [-0.15, -0.1) is 0 Å². The number of unbranched alkanes of at least 4 members (excludes halogenated alkanes) is 21. The van der Waals surface area contributed by atoms with E-state index in [1.807, 2.05) is 18.2 Å². The Morgan fingerprint density at radius 2 is 0.491 bits per heavy atom. The van der Waals surface area contributed by atoms with E-state index >= 15 is 0 Å². The van der Waals surface area contributed by atoms with E-state index in [9.17, 15) is 43.2 Å². The molecule has 0 aromatic carbocycles. The summed E-state index contributed by atoms with van der Waals surface area (Å²) >= 11 is 0. The van der Waals surface area contributed by atoms with Crippen molar-refractivity contribution in [3.8, 4) is 0 Å². The molecule has 110 heavy (non-hydrogen) atoms. The fourth-order valence-electron chi connectivity index (χ4n) is 10.5. The van der Waals surface area contributed by atoms with Crippen molar-refractivity contribution < 1.29 is 80.2 Å². The van der Waals surface area contributed by atoms with E-state index in [1.54, 1.807) is 0 Å². The second-order valence-electron chi connectivity index (χ2n) is 27.3. The predicted molar refractivity (Wildman–Crippen MR) is 454 cm³/mol. The molecular formula is C91H148O17P2. The van der Waals surface area contributed by atoms with Crippen LogP contribution in [0.15, 0.2) is 182 Å². The van der Waals surface area contributed by atoms with Gasteiger partial charge in [-0.05, 0) is 154 Å². The molecule has 0 bridgehead atoms. The molecule has 0 aliphatic rings. The molecule has 19 heteroatoms. The number of phosphoric acid groups is 2. The van der Waals surface area contributed by atoms with E-state index in [-0.39, 0.29) is 25.7 Å². The molecule has 0 aliphatic carbocycles. The predicted octanol–water partition coefficient (Wildman–Crippen LogP) is 25.1. The highest BCUT2D eigenvalue weighted by atomic mass is 31.2. The fraction of sp³-hybridized carbons (Fsp3) is 0.626. The Kier molecular flexibility index (Phi) is 76.9. The van der Waals surface area contributed by atoms with Gasteiger partial charge in [0.15, 0.2) is 12.2 Å². The molecule has 0 aliphatic heterocycles. The molecule has 624 valence electrons. The van der Waals surface area contributed by atoms with Crippen molar-refractivity contribution in [3.63, 3.8) is 0 Å². The second-order valence-corrected chi connectivity index (χ2v) is 30.2. The topological polar surface area (TPSA) is 237 Å². The van der Waals surface area contributed by atoms with Gasteiger partial charge in [0.2, 0.25) is 0 Å². The molecule has 0 radical (unpaired) electrons. The van der Waals surface area contributed by atoms with Gasteiger partial charge in [-0.3, -0.25) is 37.3 Å². The third-order valence-corrected chi connectivity index (χ3v) is 18.8. The molecule has 3 N–H and O–H groups in total. The van der Waals surface area contributed by atoms with Crippen LogP contribution in [-0.2, 0) is 65.4 Å². The first-order valence-electron chi connectivity index (χ1n) is 42.0. The molecule has 0 aromatic heterocycles. The average molecular weight is 1580 g/mol. The first-order valence-corrected chi connectivity index (χ1v) is 45.0. The lowest BCUT2D eigenvalue weighted by Crippen LogP contribution is -2.30. The number of carbonyl (C=O) groups is 4. The van der Waals surface area contributed by atoms with Gasteiger partial charge >= 0.3 is 39.5 Å². The molecular weight excluding hydrogens is 1430 g/mol. The molecule has 2 unspecified atom stereocenters. The summed E-state index contributed by atoms with van der Waals surface area (Å²) in [6.45, 7) is 4.46. The first kappa shape index (κ1) is 104. The molecule has 0 spiro atoms. The number of hydrogen-bond donors (Lipinski definition) is 3. The van der Waals surface area contributed by atoms with Crippen LogP contribution in [0.5, 0.6) is 0 Å². The van der Waals surface area contributed by atoms with E-state index in [0.29, 0.717) is 32.1 Å². The largest absolute Gasteiger partial charge is 0.472 e. The van der Waals surface area contributed by atoms with Crippen molar-refractivity contribution in [3.05, 3.63) is 182 Å². The van der Waals surface area contributed by atoms with Gasteiger partial charge in [-0.25, -0.2) is 9.13 Å². The van der Waals surface area contributed by atoms with Crippen molar-refractivity contribution in [1.29, 1.82) is 0 Å². The van der Waals surface area contributed by atoms with Crippen molar-refractivity contribution >= 4 is 39.5 Å². The summed E-state index contributed by atoms with van der Waals surface area (Å²) in [6.07, 6.45) is 98.7. The Morgan fingerprint density at radius 3 is 0.800 bits per heavy atom. The standard InChI is InChI=1S/C91H148O17P2/c1-5-9-13-17-21-25-29-33-36-39-42-45-48-52-55-59-63-67-71-75-88(93)101-81-86(107-90(95)77-73-69-65-61-57-51-32-28-24-20-16-12-8-4)83-105-109(97,98)103-79-85(92)80-104-110(99,100)106-84-87(108-91(96)78-74-70-66-62-58-54-50-47-44-41-38-35-31-27-23-19-15-11-7-3)82-102-89(94)76-72-68-64-60-56-53-49-46-43-40-37-34-30-26-22-18-14-10-6-2/h9,11,13,15,21-23,25-27,33-38,42-47,52-56,58,64,68,85-87,92H,5-8,10,12,14,16-20,24,28-32,39-41,48-51,57,59-63,65-67,69-84H2,1-4H3,(H,97,98)(H,99,100)/b13-9-,15-11-,25-21-,26-22-,27-23-,36-33-,37-34-,38-35-,45-42-,46-43-,47-44-,55-52-,56-53-,58-54-,68-64-/t85-,86-,87-/m1/s1. The molecule has 0 saturated carbocycles. The van der Waals surface area contributed by atoms with Crippen LogP contribution >= 0.6 is 15.6 Å². The van der Waals surface area contributed by atoms with Gasteiger partial charge in [0.25, 0.3) is 0 Å². The molecule has 17 nitrogen and oxygen atoms in total. The van der Waals surface area contributed by atoms with Gasteiger partial charge in [0, 0.05) is 25.7 Å². The normalized spacial score (nSPS) is 14.7. The Balaban J connectivity index is 5.51. The number of ether oxygens (including phenoxy) is 4. The molecule has 5 atom stereocenters. The van der Waals surface area contributed by atoms with Crippen LogP contribution in [0, 0.1) is 0 Å². The third-order valence-electron chi connectivity index (χ3n) is 16.9. The highest BCUT2D eigenvalue weighted by Gasteiger charge is 2.30.